The van der Waals surface area contributed by atoms with E-state index in [2.05, 4.69) is 15.6 Å². The summed E-state index contributed by atoms with van der Waals surface area (Å²) in [5.74, 6) is -1.75. The van der Waals surface area contributed by atoms with Gasteiger partial charge in [-0.3, -0.25) is 14.4 Å². The minimum Gasteiger partial charge on any atom is -0.452 e. The fourth-order valence-corrected chi connectivity index (χ4v) is 3.60. The maximum atomic E-state index is 13.1. The lowest BCUT2D eigenvalue weighted by atomic mass is 9.99. The third kappa shape index (κ3) is 4.68. The Balaban J connectivity index is 2.32. The summed E-state index contributed by atoms with van der Waals surface area (Å²) in [6.45, 7) is 5.75. The van der Waals surface area contributed by atoms with Crippen molar-refractivity contribution in [1.29, 1.82) is 0 Å². The molecule has 0 saturated heterocycles. The zero-order valence-corrected chi connectivity index (χ0v) is 20.0. The molecule has 0 radical (unpaired) electrons. The van der Waals surface area contributed by atoms with Crippen LogP contribution in [0.5, 0.6) is 0 Å². The van der Waals surface area contributed by atoms with Crippen molar-refractivity contribution < 1.29 is 33.8 Å². The van der Waals surface area contributed by atoms with E-state index in [0.29, 0.717) is 18.1 Å². The summed E-state index contributed by atoms with van der Waals surface area (Å²) in [5.41, 5.74) is 5.05. The third-order valence-corrected chi connectivity index (χ3v) is 5.80. The molecule has 1 aromatic carbocycles. The molecule has 0 saturated carbocycles. The molecule has 1 aromatic rings. The molecular formula is C24H26N4O8. The average molecular weight is 498 g/mol. The van der Waals surface area contributed by atoms with E-state index in [4.69, 9.17) is 10.2 Å². The minimum absolute atomic E-state index is 0.00389. The highest BCUT2D eigenvalue weighted by Gasteiger charge is 2.31. The van der Waals surface area contributed by atoms with Crippen molar-refractivity contribution in [3.05, 3.63) is 44.6 Å². The molecule has 1 heterocycles. The number of nitrogens with two attached hydrogens (primary N) is 1. The van der Waals surface area contributed by atoms with Gasteiger partial charge >= 0.3 is 0 Å². The Hall–Kier alpha value is -4.16. The van der Waals surface area contributed by atoms with Crippen LogP contribution in [0.3, 0.4) is 0 Å². The average Bonchev–Trinajstić information content (AvgIpc) is 2.83. The number of nitrogens with one attached hydrogen (secondary N) is 2. The summed E-state index contributed by atoms with van der Waals surface area (Å²) in [6, 6.07) is 0.528. The number of nitrogens with zero attached hydrogens (tertiary/aromatic N) is 1. The number of aliphatic hydroxyl groups is 2. The molecule has 12 heteroatoms. The van der Waals surface area contributed by atoms with E-state index in [1.54, 1.807) is 13.0 Å². The van der Waals surface area contributed by atoms with E-state index in [0.717, 1.165) is 0 Å². The lowest BCUT2D eigenvalue weighted by Gasteiger charge is -2.20. The predicted molar refractivity (Wildman–Crippen MR) is 129 cm³/mol. The molecule has 1 aliphatic carbocycles. The first kappa shape index (κ1) is 26.4. The van der Waals surface area contributed by atoms with Gasteiger partial charge in [-0.1, -0.05) is 6.07 Å². The molecule has 36 heavy (non-hydrogen) atoms. The number of benzene rings is 2. The Bertz CT molecular complexity index is 1400. The molecule has 0 fully saturated rings. The molecule has 4 atom stereocenters. The van der Waals surface area contributed by atoms with Crippen LogP contribution in [0.1, 0.15) is 45.7 Å². The lowest BCUT2D eigenvalue weighted by Crippen LogP contribution is -2.44. The Morgan fingerprint density at radius 2 is 1.58 bits per heavy atom. The van der Waals surface area contributed by atoms with Gasteiger partial charge in [0.25, 0.3) is 11.8 Å². The van der Waals surface area contributed by atoms with Crippen LogP contribution in [0.15, 0.2) is 21.3 Å². The number of hydrogen-bond acceptors (Lipinski definition) is 10. The number of fused-ring (bicyclic) bond motifs is 2. The zero-order valence-electron chi connectivity index (χ0n) is 20.0. The van der Waals surface area contributed by atoms with Gasteiger partial charge in [0, 0.05) is 5.56 Å². The summed E-state index contributed by atoms with van der Waals surface area (Å²) in [7, 11) is 0. The highest BCUT2D eigenvalue weighted by molar-refractivity contribution is 6.09. The number of aromatic nitrogens is 1. The number of rotatable bonds is 8. The molecule has 3 rings (SSSR count). The second kappa shape index (κ2) is 10.2. The van der Waals surface area contributed by atoms with Gasteiger partial charge in [-0.15, -0.1) is 0 Å². The van der Waals surface area contributed by atoms with Gasteiger partial charge in [0.1, 0.15) is 35.9 Å². The van der Waals surface area contributed by atoms with E-state index >= 15 is 0 Å². The van der Waals surface area contributed by atoms with Gasteiger partial charge in [-0.25, -0.2) is 4.98 Å². The first-order chi connectivity index (χ1) is 16.9. The van der Waals surface area contributed by atoms with Gasteiger partial charge in [-0.05, 0) is 39.3 Å². The van der Waals surface area contributed by atoms with Crippen molar-refractivity contribution in [3.8, 4) is 11.5 Å². The largest absolute Gasteiger partial charge is 0.452 e. The standard InChI is InChI=1S/C24H26N4O8/c1-9-5-6-13(23(34)26-14(7-29)11(3)31)18-21(9)36-22-10(2)20(33)17(25)16(19(22)28-18)24(35)27-15(8-30)12(4)32/h5-8,11-12,14-15,31-32H,25H2,1-4H3,(H,26,34)(H,27,35)/t11-,12-,14-,15-/m0/s1. The van der Waals surface area contributed by atoms with Gasteiger partial charge in [0.05, 0.1) is 29.0 Å². The second-order valence-electron chi connectivity index (χ2n) is 8.49. The Kier molecular flexibility index (Phi) is 7.51. The van der Waals surface area contributed by atoms with Crippen LogP contribution in [-0.4, -0.2) is 63.9 Å². The normalized spacial score (nSPS) is 14.6. The monoisotopic (exact) mass is 498 g/mol. The van der Waals surface area contributed by atoms with Crippen molar-refractivity contribution in [2.45, 2.75) is 52.0 Å². The van der Waals surface area contributed by atoms with Crippen LogP contribution in [0, 0.1) is 13.8 Å². The molecule has 0 unspecified atom stereocenters. The van der Waals surface area contributed by atoms with E-state index < -0.39 is 47.2 Å². The molecule has 0 bridgehead atoms. The van der Waals surface area contributed by atoms with Crippen molar-refractivity contribution >= 4 is 41.2 Å². The number of aryl methyl sites for hydroxylation is 1. The van der Waals surface area contributed by atoms with E-state index in [1.807, 2.05) is 0 Å². The summed E-state index contributed by atoms with van der Waals surface area (Å²) in [4.78, 5) is 65.8. The second-order valence-corrected chi connectivity index (χ2v) is 8.49. The van der Waals surface area contributed by atoms with Crippen molar-refractivity contribution in [2.75, 3.05) is 5.73 Å². The van der Waals surface area contributed by atoms with Gasteiger partial charge < -0.3 is 40.6 Å². The smallest absolute Gasteiger partial charge is 0.256 e. The van der Waals surface area contributed by atoms with Crippen molar-refractivity contribution in [2.24, 2.45) is 0 Å². The van der Waals surface area contributed by atoms with Crippen molar-refractivity contribution in [1.82, 2.24) is 15.6 Å². The maximum Gasteiger partial charge on any atom is 0.256 e. The van der Waals surface area contributed by atoms with E-state index in [-0.39, 0.29) is 39.2 Å². The van der Waals surface area contributed by atoms with Crippen LogP contribution in [0.2, 0.25) is 0 Å². The first-order valence-corrected chi connectivity index (χ1v) is 11.0. The fourth-order valence-electron chi connectivity index (χ4n) is 3.60. The van der Waals surface area contributed by atoms with E-state index in [1.165, 1.54) is 26.8 Å². The SMILES string of the molecule is Cc1c2oc3c(C)ccc(C(=O)N[C@@H](C=O)[C@H](C)O)c3nc-2c(C(=O)N[C@@H](C=O)[C@H](C)O)c(N)c1=O. The fraction of sp³-hybridized carbons (Fsp3) is 0.333. The number of aliphatic hydroxyl groups excluding tert-OH is 2. The number of carbonyl (C=O) groups excluding carboxylic acids is 4. The molecular weight excluding hydrogens is 472 g/mol. The quantitative estimate of drug-likeness (QED) is 0.158. The molecule has 0 spiro atoms. The predicted octanol–water partition coefficient (Wildman–Crippen LogP) is -0.152. The molecule has 6 N–H and O–H groups in total. The van der Waals surface area contributed by atoms with E-state index in [9.17, 15) is 34.2 Å². The van der Waals surface area contributed by atoms with Crippen LogP contribution in [0.4, 0.5) is 5.69 Å². The third-order valence-electron chi connectivity index (χ3n) is 5.80. The van der Waals surface area contributed by atoms with Crippen LogP contribution in [0.25, 0.3) is 22.6 Å². The number of anilines is 1. The lowest BCUT2D eigenvalue weighted by molar-refractivity contribution is -0.112. The number of nitrogen functional groups attached to an aromatic ring is 1. The summed E-state index contributed by atoms with van der Waals surface area (Å²) >= 11 is 0. The summed E-state index contributed by atoms with van der Waals surface area (Å²) < 4.78 is 5.97. The number of hydrogen-bond donors (Lipinski definition) is 5. The molecule has 190 valence electrons. The van der Waals surface area contributed by atoms with Crippen molar-refractivity contribution in [3.63, 3.8) is 0 Å². The number of aldehydes is 2. The maximum absolute atomic E-state index is 13.1. The Morgan fingerprint density at radius 3 is 2.11 bits per heavy atom. The van der Waals surface area contributed by atoms with Crippen LogP contribution in [-0.2, 0) is 9.59 Å². The first-order valence-electron chi connectivity index (χ1n) is 11.0. The van der Waals surface area contributed by atoms with Gasteiger partial charge in [0.2, 0.25) is 5.43 Å². The molecule has 2 aliphatic rings. The van der Waals surface area contributed by atoms with Gasteiger partial charge in [0.15, 0.2) is 11.3 Å². The zero-order chi connectivity index (χ0) is 26.9. The molecule has 2 amide bonds. The summed E-state index contributed by atoms with van der Waals surface area (Å²) in [6.07, 6.45) is -1.67. The minimum atomic E-state index is -1.29. The molecule has 12 nitrogen and oxygen atoms in total. The molecule has 1 aliphatic heterocycles. The number of amides is 2. The topological polar surface area (TPSA) is 202 Å². The molecule has 0 aromatic heterocycles. The number of carbonyl (C=O) groups is 4. The Labute approximate surface area is 204 Å². The Morgan fingerprint density at radius 1 is 1.03 bits per heavy atom. The van der Waals surface area contributed by atoms with Gasteiger partial charge in [-0.2, -0.15) is 0 Å². The van der Waals surface area contributed by atoms with Crippen LogP contribution >= 0.6 is 0 Å². The highest BCUT2D eigenvalue weighted by Crippen LogP contribution is 2.34. The highest BCUT2D eigenvalue weighted by atomic mass is 16.3. The summed E-state index contributed by atoms with van der Waals surface area (Å²) in [5, 5.41) is 24.1. The van der Waals surface area contributed by atoms with Crippen LogP contribution < -0.4 is 21.8 Å².